The molecule has 1 aromatic rings. The third kappa shape index (κ3) is 4.29. The topological polar surface area (TPSA) is 58.2 Å². The van der Waals surface area contributed by atoms with E-state index >= 15 is 0 Å². The molecule has 1 rings (SSSR count). The molecule has 0 aliphatic rings. The maximum atomic E-state index is 13.2. The van der Waals surface area contributed by atoms with Crippen LogP contribution in [0, 0.1) is 11.6 Å². The number of rotatable bonds is 3. The van der Waals surface area contributed by atoms with Crippen LogP contribution in [0.3, 0.4) is 0 Å². The van der Waals surface area contributed by atoms with Gasteiger partial charge >= 0.3 is 6.03 Å². The number of hydrogen-bond acceptors (Lipinski definition) is 2. The Morgan fingerprint density at radius 1 is 1.39 bits per heavy atom. The van der Waals surface area contributed by atoms with Crippen LogP contribution in [0.4, 0.5) is 13.6 Å². The number of nitrogens with one attached hydrogen (secondary N) is 2. The lowest BCUT2D eigenvalue weighted by Crippen LogP contribution is -2.42. The predicted octanol–water partition coefficient (Wildman–Crippen LogP) is 1.92. The van der Waals surface area contributed by atoms with Crippen molar-refractivity contribution < 1.29 is 18.4 Å². The van der Waals surface area contributed by atoms with Crippen molar-refractivity contribution in [1.29, 1.82) is 0 Å². The van der Waals surface area contributed by atoms with Crippen molar-refractivity contribution in [3.63, 3.8) is 0 Å². The summed E-state index contributed by atoms with van der Waals surface area (Å²) in [5.41, 5.74) is 0.109. The summed E-state index contributed by atoms with van der Waals surface area (Å²) in [7, 11) is 0. The van der Waals surface area contributed by atoms with Crippen molar-refractivity contribution in [2.75, 3.05) is 0 Å². The quantitative estimate of drug-likeness (QED) is 0.829. The summed E-state index contributed by atoms with van der Waals surface area (Å²) >= 11 is 5.44. The second-order valence-electron chi connectivity index (χ2n) is 3.52. The van der Waals surface area contributed by atoms with Gasteiger partial charge in [0.2, 0.25) is 5.91 Å². The Labute approximate surface area is 107 Å². The zero-order chi connectivity index (χ0) is 13.7. The number of imide groups is 1. The van der Waals surface area contributed by atoms with Crippen molar-refractivity contribution in [3.8, 4) is 0 Å². The minimum absolute atomic E-state index is 0.109. The molecule has 0 aromatic heterocycles. The van der Waals surface area contributed by atoms with E-state index in [4.69, 9.17) is 11.6 Å². The van der Waals surface area contributed by atoms with Gasteiger partial charge < -0.3 is 5.32 Å². The molecule has 2 N–H and O–H groups in total. The summed E-state index contributed by atoms with van der Waals surface area (Å²) in [4.78, 5) is 22.3. The van der Waals surface area contributed by atoms with Gasteiger partial charge in [-0.05, 0) is 13.0 Å². The van der Waals surface area contributed by atoms with Crippen molar-refractivity contribution in [1.82, 2.24) is 10.6 Å². The monoisotopic (exact) mass is 276 g/mol. The van der Waals surface area contributed by atoms with Gasteiger partial charge in [0.25, 0.3) is 0 Å². The lowest BCUT2D eigenvalue weighted by Gasteiger charge is -2.08. The molecular weight excluding hydrogens is 266 g/mol. The standard InChI is InChI=1S/C11H11ClF2N2O2/c1-6(12)10(17)16-11(18)15-5-7-2-3-8(13)4-9(7)14/h2-4,6H,5H2,1H3,(H2,15,16,17,18). The van der Waals surface area contributed by atoms with Crippen LogP contribution in [-0.4, -0.2) is 17.3 Å². The summed E-state index contributed by atoms with van der Waals surface area (Å²) in [6, 6.07) is 2.19. The fraction of sp³-hybridized carbons (Fsp3) is 0.273. The fourth-order valence-corrected chi connectivity index (χ4v) is 1.15. The van der Waals surface area contributed by atoms with Crippen LogP contribution in [0.2, 0.25) is 0 Å². The number of urea groups is 1. The van der Waals surface area contributed by atoms with E-state index in [1.165, 1.54) is 13.0 Å². The molecular formula is C11H11ClF2N2O2. The van der Waals surface area contributed by atoms with Crippen molar-refractivity contribution in [2.24, 2.45) is 0 Å². The smallest absolute Gasteiger partial charge is 0.321 e. The highest BCUT2D eigenvalue weighted by atomic mass is 35.5. The van der Waals surface area contributed by atoms with Crippen molar-refractivity contribution >= 4 is 23.5 Å². The molecule has 3 amide bonds. The zero-order valence-corrected chi connectivity index (χ0v) is 10.2. The maximum Gasteiger partial charge on any atom is 0.321 e. The molecule has 1 aromatic carbocycles. The summed E-state index contributed by atoms with van der Waals surface area (Å²) in [5, 5.41) is 3.37. The van der Waals surface area contributed by atoms with Crippen LogP contribution >= 0.6 is 11.6 Å². The normalized spacial score (nSPS) is 11.8. The molecule has 7 heteroatoms. The van der Waals surface area contributed by atoms with Gasteiger partial charge in [0.15, 0.2) is 0 Å². The summed E-state index contributed by atoms with van der Waals surface area (Å²) in [6.07, 6.45) is 0. The molecule has 0 bridgehead atoms. The van der Waals surface area contributed by atoms with Crippen LogP contribution in [-0.2, 0) is 11.3 Å². The summed E-state index contributed by atoms with van der Waals surface area (Å²) in [6.45, 7) is 1.24. The van der Waals surface area contributed by atoms with Gasteiger partial charge in [0.1, 0.15) is 17.0 Å². The zero-order valence-electron chi connectivity index (χ0n) is 9.47. The number of carbonyl (C=O) groups is 2. The van der Waals surface area contributed by atoms with E-state index in [0.717, 1.165) is 6.07 Å². The number of amides is 3. The first-order chi connectivity index (χ1) is 8.40. The number of carbonyl (C=O) groups excluding carboxylic acids is 2. The SMILES string of the molecule is CC(Cl)C(=O)NC(=O)NCc1ccc(F)cc1F. The van der Waals surface area contributed by atoms with E-state index in [9.17, 15) is 18.4 Å². The Balaban J connectivity index is 2.50. The minimum Gasteiger partial charge on any atom is -0.334 e. The van der Waals surface area contributed by atoms with E-state index in [0.29, 0.717) is 6.07 Å². The highest BCUT2D eigenvalue weighted by Crippen LogP contribution is 2.08. The number of halogens is 3. The third-order valence-electron chi connectivity index (χ3n) is 2.05. The first-order valence-electron chi connectivity index (χ1n) is 5.07. The number of hydrogen-bond donors (Lipinski definition) is 2. The molecule has 18 heavy (non-hydrogen) atoms. The van der Waals surface area contributed by atoms with Gasteiger partial charge in [-0.1, -0.05) is 6.07 Å². The molecule has 0 heterocycles. The van der Waals surface area contributed by atoms with Crippen LogP contribution in [0.1, 0.15) is 12.5 Å². The molecule has 0 saturated heterocycles. The van der Waals surface area contributed by atoms with Gasteiger partial charge in [-0.15, -0.1) is 11.6 Å². The molecule has 1 atom stereocenters. The molecule has 98 valence electrons. The predicted molar refractivity (Wildman–Crippen MR) is 62.1 cm³/mol. The number of benzene rings is 1. The van der Waals surface area contributed by atoms with Crippen LogP contribution in [0.25, 0.3) is 0 Å². The molecule has 0 aliphatic carbocycles. The average molecular weight is 277 g/mol. The average Bonchev–Trinajstić information content (AvgIpc) is 2.27. The van der Waals surface area contributed by atoms with Gasteiger partial charge in [0.05, 0.1) is 0 Å². The summed E-state index contributed by atoms with van der Waals surface area (Å²) in [5.74, 6) is -2.13. The van der Waals surface area contributed by atoms with Gasteiger partial charge in [-0.3, -0.25) is 10.1 Å². The molecule has 4 nitrogen and oxygen atoms in total. The van der Waals surface area contributed by atoms with E-state index in [1.807, 2.05) is 5.32 Å². The van der Waals surface area contributed by atoms with Gasteiger partial charge in [-0.25, -0.2) is 13.6 Å². The van der Waals surface area contributed by atoms with Crippen molar-refractivity contribution in [3.05, 3.63) is 35.4 Å². The Hall–Kier alpha value is -1.69. The maximum absolute atomic E-state index is 13.2. The Kier molecular flexibility index (Phi) is 5.03. The first kappa shape index (κ1) is 14.4. The lowest BCUT2D eigenvalue weighted by molar-refractivity contribution is -0.119. The molecule has 0 spiro atoms. The Morgan fingerprint density at radius 2 is 2.06 bits per heavy atom. The molecule has 1 unspecified atom stereocenters. The van der Waals surface area contributed by atoms with E-state index in [1.54, 1.807) is 0 Å². The Morgan fingerprint density at radius 3 is 2.61 bits per heavy atom. The molecule has 0 radical (unpaired) electrons. The first-order valence-corrected chi connectivity index (χ1v) is 5.50. The third-order valence-corrected chi connectivity index (χ3v) is 2.25. The van der Waals surface area contributed by atoms with Crippen LogP contribution < -0.4 is 10.6 Å². The van der Waals surface area contributed by atoms with Crippen LogP contribution in [0.5, 0.6) is 0 Å². The fourth-order valence-electron chi connectivity index (χ4n) is 1.10. The van der Waals surface area contributed by atoms with Gasteiger partial charge in [0, 0.05) is 18.2 Å². The molecule has 0 saturated carbocycles. The molecule has 0 fully saturated rings. The highest BCUT2D eigenvalue weighted by molar-refractivity contribution is 6.31. The van der Waals surface area contributed by atoms with Gasteiger partial charge in [-0.2, -0.15) is 0 Å². The van der Waals surface area contributed by atoms with E-state index in [-0.39, 0.29) is 12.1 Å². The highest BCUT2D eigenvalue weighted by Gasteiger charge is 2.13. The molecule has 0 aliphatic heterocycles. The van der Waals surface area contributed by atoms with Crippen molar-refractivity contribution in [2.45, 2.75) is 18.8 Å². The second kappa shape index (κ2) is 6.30. The lowest BCUT2D eigenvalue weighted by atomic mass is 10.2. The Bertz CT molecular complexity index is 466. The number of alkyl halides is 1. The summed E-state index contributed by atoms with van der Waals surface area (Å²) < 4.78 is 25.8. The van der Waals surface area contributed by atoms with Crippen LogP contribution in [0.15, 0.2) is 18.2 Å². The minimum atomic E-state index is -0.849. The van der Waals surface area contributed by atoms with E-state index < -0.39 is 28.9 Å². The largest absolute Gasteiger partial charge is 0.334 e. The van der Waals surface area contributed by atoms with E-state index in [2.05, 4.69) is 5.32 Å². The second-order valence-corrected chi connectivity index (χ2v) is 4.18.